The molecule has 0 fully saturated rings. The molecule has 0 saturated heterocycles. The van der Waals surface area contributed by atoms with E-state index in [9.17, 15) is 0 Å². The van der Waals surface area contributed by atoms with Crippen molar-refractivity contribution in [1.82, 2.24) is 0 Å². The van der Waals surface area contributed by atoms with Crippen molar-refractivity contribution in [2.24, 2.45) is 0 Å². The van der Waals surface area contributed by atoms with E-state index in [4.69, 9.17) is 0 Å². The van der Waals surface area contributed by atoms with Crippen LogP contribution < -0.4 is 4.90 Å². The average molecular weight is 704 g/mol. The highest BCUT2D eigenvalue weighted by Crippen LogP contribution is 2.47. The molecule has 10 aromatic carbocycles. The van der Waals surface area contributed by atoms with E-state index in [1.807, 2.05) is 11.3 Å². The summed E-state index contributed by atoms with van der Waals surface area (Å²) < 4.78 is 2.59. The molecule has 0 aliphatic heterocycles. The minimum Gasteiger partial charge on any atom is -0.309 e. The SMILES string of the molecule is c1ccc(-c2cccc(N(c3ccc(-c4cc5ccccc5c5ccc6ccccc6c45)cc3)c3cccc4c3sc3cc5ccccc5cc34)c2)cc1. The zero-order valence-electron chi connectivity index (χ0n) is 29.4. The molecule has 0 spiro atoms. The summed E-state index contributed by atoms with van der Waals surface area (Å²) in [6, 6.07) is 73.5. The maximum absolute atomic E-state index is 2.45. The lowest BCUT2D eigenvalue weighted by molar-refractivity contribution is 1.30. The van der Waals surface area contributed by atoms with Gasteiger partial charge in [-0.2, -0.15) is 0 Å². The third-order valence-corrected chi connectivity index (χ3v) is 12.2. The Morgan fingerprint density at radius 3 is 1.83 bits per heavy atom. The van der Waals surface area contributed by atoms with E-state index < -0.39 is 0 Å². The Hall–Kier alpha value is -6.74. The van der Waals surface area contributed by atoms with Crippen LogP contribution in [0.3, 0.4) is 0 Å². The molecule has 0 bridgehead atoms. The van der Waals surface area contributed by atoms with Crippen molar-refractivity contribution < 1.29 is 0 Å². The van der Waals surface area contributed by atoms with Gasteiger partial charge in [0.15, 0.2) is 0 Å². The van der Waals surface area contributed by atoms with Crippen LogP contribution in [0.4, 0.5) is 17.1 Å². The molecule has 0 unspecified atom stereocenters. The number of hydrogen-bond acceptors (Lipinski definition) is 2. The molecule has 1 aromatic heterocycles. The number of thiophene rings is 1. The molecular formula is C52H33NS. The zero-order valence-corrected chi connectivity index (χ0v) is 30.2. The third-order valence-electron chi connectivity index (χ3n) is 11.0. The van der Waals surface area contributed by atoms with Crippen molar-refractivity contribution in [2.45, 2.75) is 0 Å². The first kappa shape index (κ1) is 30.8. The number of nitrogens with zero attached hydrogens (tertiary/aromatic N) is 1. The average Bonchev–Trinajstić information content (AvgIpc) is 3.61. The molecule has 0 radical (unpaired) electrons. The van der Waals surface area contributed by atoms with E-state index in [1.165, 1.54) is 91.2 Å². The third kappa shape index (κ3) is 4.99. The van der Waals surface area contributed by atoms with Crippen LogP contribution in [0.2, 0.25) is 0 Å². The molecular weight excluding hydrogens is 671 g/mol. The summed E-state index contributed by atoms with van der Waals surface area (Å²) in [5.74, 6) is 0. The van der Waals surface area contributed by atoms with Crippen molar-refractivity contribution in [3.8, 4) is 22.3 Å². The molecule has 2 heteroatoms. The summed E-state index contributed by atoms with van der Waals surface area (Å²) in [6.07, 6.45) is 0. The topological polar surface area (TPSA) is 3.24 Å². The van der Waals surface area contributed by atoms with Crippen molar-refractivity contribution in [2.75, 3.05) is 4.90 Å². The predicted octanol–water partition coefficient (Wildman–Crippen LogP) is 15.5. The van der Waals surface area contributed by atoms with E-state index >= 15 is 0 Å². The highest BCUT2D eigenvalue weighted by Gasteiger charge is 2.20. The molecule has 11 aromatic rings. The van der Waals surface area contributed by atoms with Gasteiger partial charge in [0.05, 0.1) is 10.4 Å². The van der Waals surface area contributed by atoms with Gasteiger partial charge in [-0.05, 0) is 114 Å². The molecule has 0 atom stereocenters. The predicted molar refractivity (Wildman–Crippen MR) is 235 cm³/mol. The second kappa shape index (κ2) is 12.4. The smallest absolute Gasteiger partial charge is 0.0640 e. The lowest BCUT2D eigenvalue weighted by Gasteiger charge is -2.27. The van der Waals surface area contributed by atoms with Crippen molar-refractivity contribution in [3.05, 3.63) is 200 Å². The van der Waals surface area contributed by atoms with Gasteiger partial charge >= 0.3 is 0 Å². The molecule has 1 heterocycles. The van der Waals surface area contributed by atoms with Gasteiger partial charge in [-0.3, -0.25) is 0 Å². The van der Waals surface area contributed by atoms with E-state index in [1.54, 1.807) is 0 Å². The van der Waals surface area contributed by atoms with E-state index in [0.717, 1.165) is 11.4 Å². The maximum atomic E-state index is 2.45. The summed E-state index contributed by atoms with van der Waals surface area (Å²) in [5, 5.41) is 12.8. The van der Waals surface area contributed by atoms with Gasteiger partial charge in [-0.15, -0.1) is 11.3 Å². The first-order valence-electron chi connectivity index (χ1n) is 18.5. The molecule has 0 N–H and O–H groups in total. The van der Waals surface area contributed by atoms with Crippen molar-refractivity contribution in [1.29, 1.82) is 0 Å². The van der Waals surface area contributed by atoms with Crippen molar-refractivity contribution >= 4 is 91.7 Å². The minimum atomic E-state index is 1.12. The second-order valence-corrected chi connectivity index (χ2v) is 15.2. The van der Waals surface area contributed by atoms with Crippen LogP contribution in [0, 0.1) is 0 Å². The van der Waals surface area contributed by atoms with Gasteiger partial charge in [0, 0.05) is 26.8 Å². The summed E-state index contributed by atoms with van der Waals surface area (Å²) in [7, 11) is 0. The van der Waals surface area contributed by atoms with Gasteiger partial charge in [0.25, 0.3) is 0 Å². The monoisotopic (exact) mass is 703 g/mol. The highest BCUT2D eigenvalue weighted by molar-refractivity contribution is 7.26. The maximum Gasteiger partial charge on any atom is 0.0640 e. The van der Waals surface area contributed by atoms with Gasteiger partial charge in [-0.25, -0.2) is 0 Å². The summed E-state index contributed by atoms with van der Waals surface area (Å²) in [5.41, 5.74) is 8.28. The van der Waals surface area contributed by atoms with Crippen LogP contribution >= 0.6 is 11.3 Å². The summed E-state index contributed by atoms with van der Waals surface area (Å²) in [4.78, 5) is 2.45. The summed E-state index contributed by atoms with van der Waals surface area (Å²) in [6.45, 7) is 0. The molecule has 0 aliphatic rings. The fourth-order valence-electron chi connectivity index (χ4n) is 8.43. The quantitative estimate of drug-likeness (QED) is 0.161. The molecule has 0 amide bonds. The summed E-state index contributed by atoms with van der Waals surface area (Å²) >= 11 is 1.88. The van der Waals surface area contributed by atoms with Crippen LogP contribution in [0.1, 0.15) is 0 Å². The van der Waals surface area contributed by atoms with Crippen LogP contribution in [-0.2, 0) is 0 Å². The van der Waals surface area contributed by atoms with Crippen LogP contribution in [-0.4, -0.2) is 0 Å². The Morgan fingerprint density at radius 2 is 1.00 bits per heavy atom. The van der Waals surface area contributed by atoms with Crippen LogP contribution in [0.15, 0.2) is 200 Å². The lowest BCUT2D eigenvalue weighted by atomic mass is 9.90. The molecule has 11 rings (SSSR count). The Morgan fingerprint density at radius 1 is 0.333 bits per heavy atom. The van der Waals surface area contributed by atoms with Crippen LogP contribution in [0.5, 0.6) is 0 Å². The first-order chi connectivity index (χ1) is 26.8. The van der Waals surface area contributed by atoms with Gasteiger partial charge in [-0.1, -0.05) is 152 Å². The molecule has 1 nitrogen and oxygen atoms in total. The van der Waals surface area contributed by atoms with Gasteiger partial charge in [0.2, 0.25) is 0 Å². The van der Waals surface area contributed by atoms with E-state index in [0.29, 0.717) is 0 Å². The zero-order chi connectivity index (χ0) is 35.6. The molecule has 54 heavy (non-hydrogen) atoms. The Balaban J connectivity index is 1.13. The van der Waals surface area contributed by atoms with Gasteiger partial charge in [0.1, 0.15) is 0 Å². The number of rotatable bonds is 5. The fourth-order valence-corrected chi connectivity index (χ4v) is 9.66. The molecule has 0 saturated carbocycles. The van der Waals surface area contributed by atoms with E-state index in [-0.39, 0.29) is 0 Å². The number of anilines is 3. The fraction of sp³-hybridized carbons (Fsp3) is 0. The second-order valence-electron chi connectivity index (χ2n) is 14.1. The van der Waals surface area contributed by atoms with Gasteiger partial charge < -0.3 is 4.90 Å². The lowest BCUT2D eigenvalue weighted by Crippen LogP contribution is -2.10. The number of hydrogen-bond donors (Lipinski definition) is 0. The van der Waals surface area contributed by atoms with E-state index in [2.05, 4.69) is 205 Å². The largest absolute Gasteiger partial charge is 0.309 e. The Kier molecular flexibility index (Phi) is 7.11. The Bertz CT molecular complexity index is 3210. The minimum absolute atomic E-state index is 1.12. The normalized spacial score (nSPS) is 11.7. The number of benzene rings is 10. The van der Waals surface area contributed by atoms with Crippen LogP contribution in [0.25, 0.3) is 85.5 Å². The first-order valence-corrected chi connectivity index (χ1v) is 19.3. The molecule has 252 valence electrons. The standard InChI is InChI=1S/C52H33NS/c1-2-12-34(13-3-1)37-18-10-19-42(30-37)53(49-23-11-22-46-48-31-38-15-4-5-16-39(38)33-50(48)54-52(46)49)41-27-24-36(25-28-41)47-32-40-17-7-8-20-43(40)45-29-26-35-14-6-9-21-44(35)51(45)47/h1-33H. The number of fused-ring (bicyclic) bond motifs is 9. The Labute approximate surface area is 317 Å². The van der Waals surface area contributed by atoms with Crippen molar-refractivity contribution in [3.63, 3.8) is 0 Å². The molecule has 0 aliphatic carbocycles. The highest BCUT2D eigenvalue weighted by atomic mass is 32.1.